The molecule has 0 aliphatic carbocycles. The molecule has 0 atom stereocenters. The summed E-state index contributed by atoms with van der Waals surface area (Å²) in [5.41, 5.74) is 9.51. The van der Waals surface area contributed by atoms with E-state index >= 15 is 0 Å². The molecule has 0 saturated carbocycles. The number of carbonyl (C=O) groups excluding carboxylic acids is 1. The van der Waals surface area contributed by atoms with E-state index in [1.165, 1.54) is 0 Å². The monoisotopic (exact) mass is 264 g/mol. The molecule has 0 radical (unpaired) electrons. The van der Waals surface area contributed by atoms with Gasteiger partial charge >= 0.3 is 0 Å². The Morgan fingerprint density at radius 3 is 2.95 bits per heavy atom. The molecule has 1 aromatic heterocycles. The maximum Gasteiger partial charge on any atom is 0.236 e. The molecule has 1 aliphatic rings. The number of hydrogen-bond donors (Lipinski definition) is 2. The summed E-state index contributed by atoms with van der Waals surface area (Å²) in [5.74, 6) is 0.523. The predicted molar refractivity (Wildman–Crippen MR) is 77.8 cm³/mol. The van der Waals surface area contributed by atoms with Crippen LogP contribution in [0, 0.1) is 0 Å². The highest BCUT2D eigenvalue weighted by Gasteiger charge is 2.28. The number of amides is 1. The number of benzene rings is 2. The van der Waals surface area contributed by atoms with Crippen molar-refractivity contribution in [3.8, 4) is 0 Å². The second-order valence-electron chi connectivity index (χ2n) is 4.87. The molecule has 4 rings (SSSR count). The molecule has 3 aromatic rings. The van der Waals surface area contributed by atoms with E-state index in [2.05, 4.69) is 10.2 Å². The van der Waals surface area contributed by atoms with E-state index in [-0.39, 0.29) is 5.91 Å². The Morgan fingerprint density at radius 2 is 2.05 bits per heavy atom. The first kappa shape index (κ1) is 11.0. The van der Waals surface area contributed by atoms with E-state index in [4.69, 9.17) is 5.73 Å². The van der Waals surface area contributed by atoms with Gasteiger partial charge in [0, 0.05) is 11.1 Å². The molecule has 5 heteroatoms. The molecule has 0 saturated heterocycles. The molecule has 0 bridgehead atoms. The number of carbonyl (C=O) groups is 1. The minimum Gasteiger partial charge on any atom is -0.382 e. The number of nitrogens with one attached hydrogen (secondary N) is 1. The van der Waals surface area contributed by atoms with Crippen molar-refractivity contribution in [2.75, 3.05) is 10.6 Å². The van der Waals surface area contributed by atoms with Gasteiger partial charge in [0.15, 0.2) is 5.82 Å². The fourth-order valence-electron chi connectivity index (χ4n) is 2.70. The third-order valence-corrected chi connectivity index (χ3v) is 3.66. The number of para-hydroxylation sites is 1. The van der Waals surface area contributed by atoms with Gasteiger partial charge in [0.1, 0.15) is 0 Å². The SMILES string of the molecule is Nc1n[nH]c2ccc(N3C(=O)Cc4ccccc43)cc12. The minimum atomic E-state index is 0.0765. The smallest absolute Gasteiger partial charge is 0.236 e. The standard InChI is InChI=1S/C15H12N4O/c16-15-11-8-10(5-6-12(11)17-18-15)19-13-4-2-1-3-9(13)7-14(19)20/h1-6,8H,7H2,(H3,16,17,18). The summed E-state index contributed by atoms with van der Waals surface area (Å²) in [4.78, 5) is 14.0. The Bertz CT molecular complexity index is 837. The van der Waals surface area contributed by atoms with Crippen molar-refractivity contribution < 1.29 is 4.79 Å². The topological polar surface area (TPSA) is 75.0 Å². The zero-order valence-corrected chi connectivity index (χ0v) is 10.6. The van der Waals surface area contributed by atoms with Crippen LogP contribution in [0.4, 0.5) is 17.2 Å². The van der Waals surface area contributed by atoms with Gasteiger partial charge in [-0.2, -0.15) is 5.10 Å². The number of anilines is 3. The summed E-state index contributed by atoms with van der Waals surface area (Å²) in [6.07, 6.45) is 0.440. The fourth-order valence-corrected chi connectivity index (χ4v) is 2.70. The average Bonchev–Trinajstić information content (AvgIpc) is 2.98. The van der Waals surface area contributed by atoms with Crippen LogP contribution in [0.1, 0.15) is 5.56 Å². The Kier molecular flexibility index (Phi) is 2.12. The van der Waals surface area contributed by atoms with Crippen LogP contribution in [0.5, 0.6) is 0 Å². The minimum absolute atomic E-state index is 0.0765. The molecule has 1 aliphatic heterocycles. The lowest BCUT2D eigenvalue weighted by molar-refractivity contribution is -0.116. The number of nitrogens with two attached hydrogens (primary N) is 1. The number of fused-ring (bicyclic) bond motifs is 2. The van der Waals surface area contributed by atoms with E-state index < -0.39 is 0 Å². The van der Waals surface area contributed by atoms with Crippen molar-refractivity contribution in [2.24, 2.45) is 0 Å². The van der Waals surface area contributed by atoms with Crippen LogP contribution in [-0.2, 0) is 11.2 Å². The van der Waals surface area contributed by atoms with Crippen molar-refractivity contribution in [3.05, 3.63) is 48.0 Å². The van der Waals surface area contributed by atoms with Crippen LogP contribution >= 0.6 is 0 Å². The maximum absolute atomic E-state index is 12.3. The molecular weight excluding hydrogens is 252 g/mol. The third kappa shape index (κ3) is 1.43. The molecule has 20 heavy (non-hydrogen) atoms. The summed E-state index contributed by atoms with van der Waals surface area (Å²) in [7, 11) is 0. The number of H-pyrrole nitrogens is 1. The molecule has 0 fully saturated rings. The summed E-state index contributed by atoms with van der Waals surface area (Å²) in [6, 6.07) is 13.5. The van der Waals surface area contributed by atoms with Gasteiger partial charge in [0.25, 0.3) is 0 Å². The molecule has 0 spiro atoms. The lowest BCUT2D eigenvalue weighted by Crippen LogP contribution is -2.20. The highest BCUT2D eigenvalue weighted by atomic mass is 16.2. The maximum atomic E-state index is 12.3. The number of aromatic amines is 1. The highest BCUT2D eigenvalue weighted by molar-refractivity contribution is 6.08. The molecule has 5 nitrogen and oxygen atoms in total. The first-order chi connectivity index (χ1) is 9.74. The van der Waals surface area contributed by atoms with Crippen molar-refractivity contribution in [1.29, 1.82) is 0 Å². The van der Waals surface area contributed by atoms with E-state index in [1.807, 2.05) is 42.5 Å². The van der Waals surface area contributed by atoms with Crippen LogP contribution in [0.3, 0.4) is 0 Å². The first-order valence-electron chi connectivity index (χ1n) is 6.38. The number of rotatable bonds is 1. The summed E-state index contributed by atoms with van der Waals surface area (Å²) >= 11 is 0. The quantitative estimate of drug-likeness (QED) is 0.708. The molecule has 2 aromatic carbocycles. The zero-order valence-electron chi connectivity index (χ0n) is 10.6. The van der Waals surface area contributed by atoms with Gasteiger partial charge < -0.3 is 5.73 Å². The van der Waals surface area contributed by atoms with Gasteiger partial charge in [-0.3, -0.25) is 14.8 Å². The summed E-state index contributed by atoms with van der Waals surface area (Å²) in [6.45, 7) is 0. The van der Waals surface area contributed by atoms with Crippen LogP contribution in [-0.4, -0.2) is 16.1 Å². The van der Waals surface area contributed by atoms with E-state index in [0.717, 1.165) is 27.8 Å². The molecular formula is C15H12N4O. The molecule has 98 valence electrons. The van der Waals surface area contributed by atoms with Crippen LogP contribution < -0.4 is 10.6 Å². The van der Waals surface area contributed by atoms with Gasteiger partial charge in [0.05, 0.1) is 17.6 Å². The van der Waals surface area contributed by atoms with Crippen molar-refractivity contribution in [2.45, 2.75) is 6.42 Å². The van der Waals surface area contributed by atoms with Crippen molar-refractivity contribution >= 4 is 34.0 Å². The Morgan fingerprint density at radius 1 is 1.20 bits per heavy atom. The number of nitrogen functional groups attached to an aromatic ring is 1. The second-order valence-corrected chi connectivity index (χ2v) is 4.87. The van der Waals surface area contributed by atoms with Gasteiger partial charge in [-0.25, -0.2) is 0 Å². The zero-order chi connectivity index (χ0) is 13.7. The average molecular weight is 264 g/mol. The lowest BCUT2D eigenvalue weighted by Gasteiger charge is -2.17. The normalized spacial score (nSPS) is 14.0. The molecule has 0 unspecified atom stereocenters. The lowest BCUT2D eigenvalue weighted by atomic mass is 10.1. The summed E-state index contributed by atoms with van der Waals surface area (Å²) < 4.78 is 0. The largest absolute Gasteiger partial charge is 0.382 e. The fraction of sp³-hybridized carbons (Fsp3) is 0.0667. The third-order valence-electron chi connectivity index (χ3n) is 3.66. The Balaban J connectivity index is 1.90. The van der Waals surface area contributed by atoms with Gasteiger partial charge in [0.2, 0.25) is 5.91 Å². The van der Waals surface area contributed by atoms with E-state index in [1.54, 1.807) is 4.90 Å². The molecule has 2 heterocycles. The van der Waals surface area contributed by atoms with Crippen molar-refractivity contribution in [3.63, 3.8) is 0 Å². The molecule has 3 N–H and O–H groups in total. The second kappa shape index (κ2) is 3.84. The number of nitrogens with zero attached hydrogens (tertiary/aromatic N) is 2. The van der Waals surface area contributed by atoms with Gasteiger partial charge in [-0.05, 0) is 29.8 Å². The van der Waals surface area contributed by atoms with Crippen LogP contribution in [0.25, 0.3) is 10.9 Å². The summed E-state index contributed by atoms with van der Waals surface area (Å²) in [5, 5.41) is 7.67. The van der Waals surface area contributed by atoms with E-state index in [9.17, 15) is 4.79 Å². The Labute approximate surface area is 115 Å². The first-order valence-corrected chi connectivity index (χ1v) is 6.38. The van der Waals surface area contributed by atoms with E-state index in [0.29, 0.717) is 12.2 Å². The van der Waals surface area contributed by atoms with Crippen LogP contribution in [0.15, 0.2) is 42.5 Å². The van der Waals surface area contributed by atoms with Gasteiger partial charge in [-0.15, -0.1) is 0 Å². The molecule has 1 amide bonds. The highest BCUT2D eigenvalue weighted by Crippen LogP contribution is 2.36. The van der Waals surface area contributed by atoms with Gasteiger partial charge in [-0.1, -0.05) is 18.2 Å². The van der Waals surface area contributed by atoms with Crippen LogP contribution in [0.2, 0.25) is 0 Å². The predicted octanol–water partition coefficient (Wildman–Crippen LogP) is 2.37. The number of aromatic nitrogens is 2. The van der Waals surface area contributed by atoms with Crippen molar-refractivity contribution in [1.82, 2.24) is 10.2 Å². The Hall–Kier alpha value is -2.82. The number of hydrogen-bond acceptors (Lipinski definition) is 3.